The van der Waals surface area contributed by atoms with E-state index in [1.807, 2.05) is 12.1 Å². The SMILES string of the molecule is NC(=O)c1ccccc1CNCC1(O)CCC1. The highest BCUT2D eigenvalue weighted by Gasteiger charge is 2.33. The Hall–Kier alpha value is -1.39. The number of carbonyl (C=O) groups is 1. The van der Waals surface area contributed by atoms with Crippen LogP contribution in [0.25, 0.3) is 0 Å². The molecule has 1 aliphatic carbocycles. The number of aliphatic hydroxyl groups is 1. The van der Waals surface area contributed by atoms with E-state index in [1.165, 1.54) is 0 Å². The first kappa shape index (κ1) is 12.1. The van der Waals surface area contributed by atoms with Crippen LogP contribution in [0.4, 0.5) is 0 Å². The van der Waals surface area contributed by atoms with Crippen molar-refractivity contribution < 1.29 is 9.90 Å². The lowest BCUT2D eigenvalue weighted by atomic mass is 9.80. The minimum Gasteiger partial charge on any atom is -0.389 e. The van der Waals surface area contributed by atoms with E-state index in [0.717, 1.165) is 24.8 Å². The molecule has 0 aromatic heterocycles. The maximum absolute atomic E-state index is 11.2. The molecule has 1 aliphatic rings. The number of amides is 1. The molecule has 0 aliphatic heterocycles. The van der Waals surface area contributed by atoms with E-state index in [9.17, 15) is 9.90 Å². The van der Waals surface area contributed by atoms with Crippen LogP contribution in [0.2, 0.25) is 0 Å². The van der Waals surface area contributed by atoms with Crippen LogP contribution in [0, 0.1) is 0 Å². The zero-order valence-corrected chi connectivity index (χ0v) is 9.78. The quantitative estimate of drug-likeness (QED) is 0.705. The van der Waals surface area contributed by atoms with Crippen molar-refractivity contribution in [3.63, 3.8) is 0 Å². The van der Waals surface area contributed by atoms with E-state index in [-0.39, 0.29) is 0 Å². The molecule has 4 N–H and O–H groups in total. The third-order valence-electron chi connectivity index (χ3n) is 3.34. The highest BCUT2D eigenvalue weighted by Crippen LogP contribution is 2.30. The van der Waals surface area contributed by atoms with Gasteiger partial charge in [-0.2, -0.15) is 0 Å². The molecule has 1 amide bonds. The third-order valence-corrected chi connectivity index (χ3v) is 3.34. The second-order valence-corrected chi connectivity index (χ2v) is 4.70. The molecule has 1 fully saturated rings. The molecule has 0 heterocycles. The summed E-state index contributed by atoms with van der Waals surface area (Å²) in [6, 6.07) is 7.26. The van der Waals surface area contributed by atoms with Gasteiger partial charge in [-0.1, -0.05) is 18.2 Å². The van der Waals surface area contributed by atoms with Crippen molar-refractivity contribution in [3.05, 3.63) is 35.4 Å². The predicted octanol–water partition coefficient (Wildman–Crippen LogP) is 0.790. The molecule has 0 unspecified atom stereocenters. The number of hydrogen-bond donors (Lipinski definition) is 3. The molecule has 0 saturated heterocycles. The van der Waals surface area contributed by atoms with Gasteiger partial charge in [0.25, 0.3) is 0 Å². The number of primary amides is 1. The van der Waals surface area contributed by atoms with E-state index in [0.29, 0.717) is 18.7 Å². The molecule has 1 saturated carbocycles. The molecule has 0 atom stereocenters. The molecule has 92 valence electrons. The summed E-state index contributed by atoms with van der Waals surface area (Å²) < 4.78 is 0. The molecule has 1 aromatic carbocycles. The Morgan fingerprint density at radius 2 is 2.12 bits per heavy atom. The normalized spacial score (nSPS) is 17.5. The van der Waals surface area contributed by atoms with Gasteiger partial charge in [0.15, 0.2) is 0 Å². The Balaban J connectivity index is 1.92. The van der Waals surface area contributed by atoms with Crippen LogP contribution in [0.1, 0.15) is 35.2 Å². The zero-order valence-electron chi connectivity index (χ0n) is 9.78. The van der Waals surface area contributed by atoms with Gasteiger partial charge in [-0.3, -0.25) is 4.79 Å². The van der Waals surface area contributed by atoms with E-state index in [4.69, 9.17) is 5.73 Å². The number of carbonyl (C=O) groups excluding carboxylic acids is 1. The summed E-state index contributed by atoms with van der Waals surface area (Å²) in [7, 11) is 0. The molecular formula is C13H18N2O2. The van der Waals surface area contributed by atoms with Gasteiger partial charge in [-0.15, -0.1) is 0 Å². The predicted molar refractivity (Wildman–Crippen MR) is 65.5 cm³/mol. The fourth-order valence-electron chi connectivity index (χ4n) is 2.11. The lowest BCUT2D eigenvalue weighted by molar-refractivity contribution is -0.0314. The van der Waals surface area contributed by atoms with Crippen LogP contribution < -0.4 is 11.1 Å². The number of nitrogens with one attached hydrogen (secondary N) is 1. The minimum absolute atomic E-state index is 0.412. The lowest BCUT2D eigenvalue weighted by Crippen LogP contribution is -2.46. The molecular weight excluding hydrogens is 216 g/mol. The summed E-state index contributed by atoms with van der Waals surface area (Å²) >= 11 is 0. The molecule has 0 radical (unpaired) electrons. The smallest absolute Gasteiger partial charge is 0.249 e. The topological polar surface area (TPSA) is 75.4 Å². The van der Waals surface area contributed by atoms with Gasteiger partial charge in [0.05, 0.1) is 5.60 Å². The van der Waals surface area contributed by atoms with Gasteiger partial charge >= 0.3 is 0 Å². The standard InChI is InChI=1S/C13H18N2O2/c14-12(16)11-5-2-1-4-10(11)8-15-9-13(17)6-3-7-13/h1-2,4-5,15,17H,3,6-9H2,(H2,14,16). The maximum atomic E-state index is 11.2. The number of rotatable bonds is 5. The lowest BCUT2D eigenvalue weighted by Gasteiger charge is -2.36. The Kier molecular flexibility index (Phi) is 3.45. The fraction of sp³-hybridized carbons (Fsp3) is 0.462. The van der Waals surface area contributed by atoms with Gasteiger partial charge in [-0.05, 0) is 30.9 Å². The van der Waals surface area contributed by atoms with Crippen LogP contribution in [0.15, 0.2) is 24.3 Å². The Labute approximate surface area is 101 Å². The first-order chi connectivity index (χ1) is 8.11. The summed E-state index contributed by atoms with van der Waals surface area (Å²) in [5.41, 5.74) is 6.17. The van der Waals surface area contributed by atoms with Crippen LogP contribution >= 0.6 is 0 Å². The van der Waals surface area contributed by atoms with Gasteiger partial charge < -0.3 is 16.2 Å². The van der Waals surface area contributed by atoms with Crippen molar-refractivity contribution in [1.29, 1.82) is 0 Å². The van der Waals surface area contributed by atoms with Gasteiger partial charge in [0.2, 0.25) is 5.91 Å². The number of benzene rings is 1. The molecule has 17 heavy (non-hydrogen) atoms. The Bertz CT molecular complexity index is 414. The summed E-state index contributed by atoms with van der Waals surface area (Å²) in [5.74, 6) is -0.412. The Morgan fingerprint density at radius 3 is 2.71 bits per heavy atom. The van der Waals surface area contributed by atoms with Crippen molar-refractivity contribution in [2.45, 2.75) is 31.4 Å². The summed E-state index contributed by atoms with van der Waals surface area (Å²) in [5, 5.41) is 13.1. The van der Waals surface area contributed by atoms with Crippen LogP contribution in [-0.4, -0.2) is 23.2 Å². The van der Waals surface area contributed by atoms with E-state index in [2.05, 4.69) is 5.32 Å². The van der Waals surface area contributed by atoms with Gasteiger partial charge in [-0.25, -0.2) is 0 Å². The Morgan fingerprint density at radius 1 is 1.41 bits per heavy atom. The first-order valence-electron chi connectivity index (χ1n) is 5.92. The van der Waals surface area contributed by atoms with Crippen molar-refractivity contribution in [2.24, 2.45) is 5.73 Å². The third kappa shape index (κ3) is 2.84. The zero-order chi connectivity index (χ0) is 12.3. The molecule has 0 spiro atoms. The first-order valence-corrected chi connectivity index (χ1v) is 5.92. The molecule has 0 bridgehead atoms. The summed E-state index contributed by atoms with van der Waals surface area (Å²) in [6.45, 7) is 1.13. The second kappa shape index (κ2) is 4.85. The average molecular weight is 234 g/mol. The molecule has 1 aromatic rings. The van der Waals surface area contributed by atoms with Crippen molar-refractivity contribution in [3.8, 4) is 0 Å². The highest BCUT2D eigenvalue weighted by molar-refractivity contribution is 5.94. The monoisotopic (exact) mass is 234 g/mol. The van der Waals surface area contributed by atoms with Gasteiger partial charge in [0, 0.05) is 18.7 Å². The van der Waals surface area contributed by atoms with Crippen LogP contribution in [0.5, 0.6) is 0 Å². The van der Waals surface area contributed by atoms with Crippen molar-refractivity contribution >= 4 is 5.91 Å². The van der Waals surface area contributed by atoms with E-state index >= 15 is 0 Å². The molecule has 2 rings (SSSR count). The highest BCUT2D eigenvalue weighted by atomic mass is 16.3. The molecule has 4 nitrogen and oxygen atoms in total. The summed E-state index contributed by atoms with van der Waals surface area (Å²) in [4.78, 5) is 11.2. The second-order valence-electron chi connectivity index (χ2n) is 4.70. The number of hydrogen-bond acceptors (Lipinski definition) is 3. The minimum atomic E-state index is -0.540. The van der Waals surface area contributed by atoms with Crippen molar-refractivity contribution in [2.75, 3.05) is 6.54 Å². The van der Waals surface area contributed by atoms with Gasteiger partial charge in [0.1, 0.15) is 0 Å². The van der Waals surface area contributed by atoms with Crippen LogP contribution in [-0.2, 0) is 6.54 Å². The average Bonchev–Trinajstić information content (AvgIpc) is 2.27. The number of nitrogens with two attached hydrogens (primary N) is 1. The fourth-order valence-corrected chi connectivity index (χ4v) is 2.11. The summed E-state index contributed by atoms with van der Waals surface area (Å²) in [6.07, 6.45) is 2.81. The maximum Gasteiger partial charge on any atom is 0.249 e. The van der Waals surface area contributed by atoms with Crippen molar-refractivity contribution in [1.82, 2.24) is 5.32 Å². The van der Waals surface area contributed by atoms with Crippen LogP contribution in [0.3, 0.4) is 0 Å². The molecule has 4 heteroatoms. The van der Waals surface area contributed by atoms with E-state index < -0.39 is 11.5 Å². The van der Waals surface area contributed by atoms with E-state index in [1.54, 1.807) is 12.1 Å². The largest absolute Gasteiger partial charge is 0.389 e.